The summed E-state index contributed by atoms with van der Waals surface area (Å²) in [6.45, 7) is 3.21. The molecule has 0 radical (unpaired) electrons. The number of pyridine rings is 1. The molecule has 5 nitrogen and oxygen atoms in total. The highest BCUT2D eigenvalue weighted by atomic mass is 16.2. The lowest BCUT2D eigenvalue weighted by Gasteiger charge is -2.35. The molecule has 0 saturated carbocycles. The smallest absolute Gasteiger partial charge is 0.246 e. The third-order valence-electron chi connectivity index (χ3n) is 4.06. The van der Waals surface area contributed by atoms with E-state index in [1.807, 2.05) is 43.3 Å². The molecule has 5 heteroatoms. The largest absolute Gasteiger partial charge is 0.331 e. The number of aromatic nitrogens is 1. The molecule has 0 unspecified atom stereocenters. The number of hydrogen-bond donors (Lipinski definition) is 0. The van der Waals surface area contributed by atoms with Crippen molar-refractivity contribution >= 4 is 17.5 Å². The van der Waals surface area contributed by atoms with E-state index >= 15 is 0 Å². The number of amides is 2. The number of para-hydroxylation sites is 1. The Balaban J connectivity index is 1.66. The summed E-state index contributed by atoms with van der Waals surface area (Å²) in [4.78, 5) is 32.2. The minimum absolute atomic E-state index is 0.0317. The van der Waals surface area contributed by atoms with Gasteiger partial charge in [-0.2, -0.15) is 0 Å². The van der Waals surface area contributed by atoms with Gasteiger partial charge in [-0.25, -0.2) is 0 Å². The van der Waals surface area contributed by atoms with E-state index < -0.39 is 0 Å². The van der Waals surface area contributed by atoms with E-state index in [0.29, 0.717) is 13.1 Å². The van der Waals surface area contributed by atoms with Crippen LogP contribution in [-0.4, -0.2) is 41.3 Å². The van der Waals surface area contributed by atoms with Gasteiger partial charge in [0.1, 0.15) is 6.54 Å². The van der Waals surface area contributed by atoms with Crippen LogP contribution >= 0.6 is 0 Å². The first-order chi connectivity index (χ1) is 11.1. The van der Waals surface area contributed by atoms with Crippen LogP contribution in [0.1, 0.15) is 11.1 Å². The first-order valence-corrected chi connectivity index (χ1v) is 7.68. The van der Waals surface area contributed by atoms with Crippen LogP contribution in [0.3, 0.4) is 0 Å². The van der Waals surface area contributed by atoms with Crippen molar-refractivity contribution < 1.29 is 9.59 Å². The Bertz CT molecular complexity index is 715. The summed E-state index contributed by atoms with van der Waals surface area (Å²) < 4.78 is 0. The van der Waals surface area contributed by atoms with Crippen molar-refractivity contribution in [2.75, 3.05) is 24.5 Å². The zero-order chi connectivity index (χ0) is 16.2. The summed E-state index contributed by atoms with van der Waals surface area (Å²) in [5.41, 5.74) is 2.86. The topological polar surface area (TPSA) is 53.5 Å². The Morgan fingerprint density at radius 2 is 2.00 bits per heavy atom. The molecule has 2 amide bonds. The minimum Gasteiger partial charge on any atom is -0.331 e. The Labute approximate surface area is 135 Å². The molecule has 1 aromatic heterocycles. The maximum atomic E-state index is 12.4. The maximum Gasteiger partial charge on any atom is 0.246 e. The van der Waals surface area contributed by atoms with Crippen LogP contribution in [0, 0.1) is 6.92 Å². The molecule has 0 bridgehead atoms. The van der Waals surface area contributed by atoms with Crippen molar-refractivity contribution in [1.29, 1.82) is 0 Å². The Morgan fingerprint density at radius 1 is 1.17 bits per heavy atom. The van der Waals surface area contributed by atoms with Gasteiger partial charge in [-0.15, -0.1) is 0 Å². The van der Waals surface area contributed by atoms with Crippen LogP contribution in [-0.2, 0) is 16.0 Å². The van der Waals surface area contributed by atoms with E-state index in [2.05, 4.69) is 4.98 Å². The molecule has 1 aromatic carbocycles. The van der Waals surface area contributed by atoms with Crippen LogP contribution in [0.4, 0.5) is 5.69 Å². The molecule has 1 saturated heterocycles. The second kappa shape index (κ2) is 6.60. The van der Waals surface area contributed by atoms with Crippen molar-refractivity contribution in [3.63, 3.8) is 0 Å². The van der Waals surface area contributed by atoms with Crippen LogP contribution < -0.4 is 4.90 Å². The molecule has 0 atom stereocenters. The van der Waals surface area contributed by atoms with Gasteiger partial charge in [-0.3, -0.25) is 14.6 Å². The fraction of sp³-hybridized carbons (Fsp3) is 0.278. The molecule has 3 rings (SSSR count). The number of piperazine rings is 1. The monoisotopic (exact) mass is 309 g/mol. The number of carbonyl (C=O) groups excluding carboxylic acids is 2. The van der Waals surface area contributed by atoms with Crippen molar-refractivity contribution in [3.8, 4) is 0 Å². The second-order valence-corrected chi connectivity index (χ2v) is 5.69. The van der Waals surface area contributed by atoms with Crippen LogP contribution in [0.2, 0.25) is 0 Å². The molecule has 118 valence electrons. The van der Waals surface area contributed by atoms with Gasteiger partial charge < -0.3 is 9.80 Å². The predicted octanol–water partition coefficient (Wildman–Crippen LogP) is 1.81. The molecule has 0 aliphatic carbocycles. The highest BCUT2D eigenvalue weighted by molar-refractivity contribution is 5.98. The third kappa shape index (κ3) is 3.39. The fourth-order valence-corrected chi connectivity index (χ4v) is 2.80. The van der Waals surface area contributed by atoms with Gasteiger partial charge in [0.05, 0.1) is 6.42 Å². The summed E-state index contributed by atoms with van der Waals surface area (Å²) in [5, 5.41) is 0. The van der Waals surface area contributed by atoms with Crippen LogP contribution in [0.5, 0.6) is 0 Å². The molecule has 23 heavy (non-hydrogen) atoms. The van der Waals surface area contributed by atoms with Gasteiger partial charge in [0, 0.05) is 31.2 Å². The number of carbonyl (C=O) groups is 2. The van der Waals surface area contributed by atoms with Crippen molar-refractivity contribution in [3.05, 3.63) is 59.9 Å². The van der Waals surface area contributed by atoms with Gasteiger partial charge in [0.2, 0.25) is 11.8 Å². The third-order valence-corrected chi connectivity index (χ3v) is 4.06. The van der Waals surface area contributed by atoms with Crippen molar-refractivity contribution in [1.82, 2.24) is 9.88 Å². The number of anilines is 1. The maximum absolute atomic E-state index is 12.4. The lowest BCUT2D eigenvalue weighted by molar-refractivity contribution is -0.136. The SMILES string of the molecule is Cc1ccccc1N1CCN(C(=O)Cc2cccnc2)CC1=O. The molecular formula is C18H19N3O2. The summed E-state index contributed by atoms with van der Waals surface area (Å²) in [7, 11) is 0. The summed E-state index contributed by atoms with van der Waals surface area (Å²) in [5.74, 6) is -0.0686. The molecule has 0 N–H and O–H groups in total. The molecule has 2 heterocycles. The number of benzene rings is 1. The zero-order valence-electron chi connectivity index (χ0n) is 13.1. The number of rotatable bonds is 3. The molecule has 1 fully saturated rings. The predicted molar refractivity (Wildman–Crippen MR) is 88.1 cm³/mol. The highest BCUT2D eigenvalue weighted by Gasteiger charge is 2.28. The van der Waals surface area contributed by atoms with E-state index in [1.54, 1.807) is 22.2 Å². The normalized spacial score (nSPS) is 14.9. The molecular weight excluding hydrogens is 290 g/mol. The number of aryl methyl sites for hydroxylation is 1. The van der Waals surface area contributed by atoms with Gasteiger partial charge in [-0.1, -0.05) is 24.3 Å². The van der Waals surface area contributed by atoms with Crippen LogP contribution in [0.25, 0.3) is 0 Å². The first-order valence-electron chi connectivity index (χ1n) is 7.68. The summed E-state index contributed by atoms with van der Waals surface area (Å²) in [6, 6.07) is 11.5. The molecule has 2 aromatic rings. The fourth-order valence-electron chi connectivity index (χ4n) is 2.80. The van der Waals surface area contributed by atoms with Crippen LogP contribution in [0.15, 0.2) is 48.8 Å². The van der Waals surface area contributed by atoms with Crippen molar-refractivity contribution in [2.24, 2.45) is 0 Å². The molecule has 1 aliphatic heterocycles. The lowest BCUT2D eigenvalue weighted by Crippen LogP contribution is -2.53. The van der Waals surface area contributed by atoms with E-state index in [0.717, 1.165) is 16.8 Å². The highest BCUT2D eigenvalue weighted by Crippen LogP contribution is 2.21. The lowest BCUT2D eigenvalue weighted by atomic mass is 10.1. The van der Waals surface area contributed by atoms with E-state index in [-0.39, 0.29) is 24.8 Å². The van der Waals surface area contributed by atoms with Crippen molar-refractivity contribution in [2.45, 2.75) is 13.3 Å². The average Bonchev–Trinajstić information content (AvgIpc) is 2.56. The van der Waals surface area contributed by atoms with E-state index in [9.17, 15) is 9.59 Å². The number of hydrogen-bond acceptors (Lipinski definition) is 3. The van der Waals surface area contributed by atoms with Gasteiger partial charge in [-0.05, 0) is 30.2 Å². The second-order valence-electron chi connectivity index (χ2n) is 5.69. The van der Waals surface area contributed by atoms with Gasteiger partial charge in [0.15, 0.2) is 0 Å². The van der Waals surface area contributed by atoms with Gasteiger partial charge >= 0.3 is 0 Å². The summed E-state index contributed by atoms with van der Waals surface area (Å²) >= 11 is 0. The molecule has 1 aliphatic rings. The van der Waals surface area contributed by atoms with E-state index in [4.69, 9.17) is 0 Å². The Morgan fingerprint density at radius 3 is 2.70 bits per heavy atom. The minimum atomic E-state index is -0.0370. The Hall–Kier alpha value is -2.69. The first kappa shape index (κ1) is 15.2. The molecule has 0 spiro atoms. The Kier molecular flexibility index (Phi) is 4.37. The number of nitrogens with zero attached hydrogens (tertiary/aromatic N) is 3. The van der Waals surface area contributed by atoms with Gasteiger partial charge in [0.25, 0.3) is 0 Å². The summed E-state index contributed by atoms with van der Waals surface area (Å²) in [6.07, 6.45) is 3.65. The van der Waals surface area contributed by atoms with E-state index in [1.165, 1.54) is 0 Å². The zero-order valence-corrected chi connectivity index (χ0v) is 13.1. The quantitative estimate of drug-likeness (QED) is 0.869. The standard InChI is InChI=1S/C18H19N3O2/c1-14-5-2-3-7-16(14)21-10-9-20(13-18(21)23)17(22)11-15-6-4-8-19-12-15/h2-8,12H,9-11,13H2,1H3. The average molecular weight is 309 g/mol.